The van der Waals surface area contributed by atoms with E-state index in [9.17, 15) is 14.4 Å². The first-order chi connectivity index (χ1) is 14.6. The van der Waals surface area contributed by atoms with Gasteiger partial charge in [-0.3, -0.25) is 9.59 Å². The molecule has 0 spiro atoms. The van der Waals surface area contributed by atoms with Gasteiger partial charge in [-0.1, -0.05) is 12.1 Å². The number of benzene rings is 1. The number of rotatable bonds is 6. The van der Waals surface area contributed by atoms with Crippen molar-refractivity contribution in [2.45, 2.75) is 71.3 Å². The lowest BCUT2D eigenvalue weighted by molar-refractivity contribution is -0.132. The van der Waals surface area contributed by atoms with Gasteiger partial charge in [-0.25, -0.2) is 4.79 Å². The Morgan fingerprint density at radius 3 is 2.42 bits per heavy atom. The highest BCUT2D eigenvalue weighted by atomic mass is 16.6. The van der Waals surface area contributed by atoms with Gasteiger partial charge < -0.3 is 14.5 Å². The number of hydrogen-bond acceptors (Lipinski definition) is 4. The first-order valence-corrected chi connectivity index (χ1v) is 11.5. The van der Waals surface area contributed by atoms with E-state index in [1.165, 1.54) is 11.1 Å². The third kappa shape index (κ3) is 6.55. The van der Waals surface area contributed by atoms with E-state index in [1.807, 2.05) is 37.8 Å². The fourth-order valence-corrected chi connectivity index (χ4v) is 4.43. The van der Waals surface area contributed by atoms with E-state index < -0.39 is 5.60 Å². The maximum absolute atomic E-state index is 12.6. The van der Waals surface area contributed by atoms with Gasteiger partial charge in [0.1, 0.15) is 5.60 Å². The monoisotopic (exact) mass is 428 g/mol. The standard InChI is InChI=1S/C25H36N2O4/c1-25(2,3)31-24(30)26(4)17-18-12-14-27(15-13-18)23(29)11-10-22(28)21-9-8-19-6-5-7-20(19)16-21/h8-9,16,18H,5-7,10-15,17H2,1-4H3. The number of ether oxygens (including phenoxy) is 1. The van der Waals surface area contributed by atoms with E-state index in [0.717, 1.165) is 37.7 Å². The minimum absolute atomic E-state index is 0.0495. The lowest BCUT2D eigenvalue weighted by atomic mass is 9.95. The predicted molar refractivity (Wildman–Crippen MR) is 120 cm³/mol. The Bertz CT molecular complexity index is 819. The number of piperidine rings is 1. The first kappa shape index (κ1) is 23.3. The van der Waals surface area contributed by atoms with Gasteiger partial charge in [0.25, 0.3) is 0 Å². The van der Waals surface area contributed by atoms with Gasteiger partial charge in [-0.2, -0.15) is 0 Å². The van der Waals surface area contributed by atoms with Gasteiger partial charge in [-0.15, -0.1) is 0 Å². The zero-order valence-corrected chi connectivity index (χ0v) is 19.4. The number of carbonyl (C=O) groups is 3. The zero-order valence-electron chi connectivity index (χ0n) is 19.4. The summed E-state index contributed by atoms with van der Waals surface area (Å²) < 4.78 is 5.41. The van der Waals surface area contributed by atoms with Crippen LogP contribution < -0.4 is 0 Å². The summed E-state index contributed by atoms with van der Waals surface area (Å²) in [5.41, 5.74) is 2.87. The molecule has 1 aromatic rings. The average molecular weight is 429 g/mol. The number of carbonyl (C=O) groups excluding carboxylic acids is 3. The molecule has 1 aliphatic heterocycles. The average Bonchev–Trinajstić information content (AvgIpc) is 3.19. The second-order valence-electron chi connectivity index (χ2n) is 9.95. The van der Waals surface area contributed by atoms with Crippen LogP contribution in [0.15, 0.2) is 18.2 Å². The van der Waals surface area contributed by atoms with Crippen molar-refractivity contribution in [2.75, 3.05) is 26.7 Å². The largest absolute Gasteiger partial charge is 0.444 e. The van der Waals surface area contributed by atoms with Crippen molar-refractivity contribution in [3.8, 4) is 0 Å². The van der Waals surface area contributed by atoms with Gasteiger partial charge in [0.15, 0.2) is 5.78 Å². The van der Waals surface area contributed by atoms with E-state index in [-0.39, 0.29) is 30.6 Å². The minimum atomic E-state index is -0.502. The van der Waals surface area contributed by atoms with E-state index in [4.69, 9.17) is 4.74 Å². The van der Waals surface area contributed by atoms with Gasteiger partial charge in [-0.05, 0) is 76.0 Å². The number of Topliss-reactive ketones (excluding diaryl/α,β-unsaturated/α-hetero) is 1. The summed E-state index contributed by atoms with van der Waals surface area (Å²) in [5.74, 6) is 0.458. The molecule has 0 atom stereocenters. The summed E-state index contributed by atoms with van der Waals surface area (Å²) in [7, 11) is 1.76. The van der Waals surface area contributed by atoms with Crippen molar-refractivity contribution in [3.63, 3.8) is 0 Å². The molecule has 2 aliphatic rings. The van der Waals surface area contributed by atoms with Crippen LogP contribution in [0.2, 0.25) is 0 Å². The summed E-state index contributed by atoms with van der Waals surface area (Å²) >= 11 is 0. The smallest absolute Gasteiger partial charge is 0.410 e. The van der Waals surface area contributed by atoms with Crippen LogP contribution >= 0.6 is 0 Å². The van der Waals surface area contributed by atoms with Gasteiger partial charge in [0.2, 0.25) is 5.91 Å². The number of fused-ring (bicyclic) bond motifs is 1. The molecule has 1 heterocycles. The zero-order chi connectivity index (χ0) is 22.6. The SMILES string of the molecule is CN(CC1CCN(C(=O)CCC(=O)c2ccc3c(c2)CCC3)CC1)C(=O)OC(C)(C)C. The second-order valence-corrected chi connectivity index (χ2v) is 9.95. The van der Waals surface area contributed by atoms with Gasteiger partial charge >= 0.3 is 6.09 Å². The lowest BCUT2D eigenvalue weighted by Crippen LogP contribution is -2.43. The van der Waals surface area contributed by atoms with Crippen LogP contribution in [0.3, 0.4) is 0 Å². The molecule has 0 bridgehead atoms. The molecule has 0 radical (unpaired) electrons. The molecule has 0 unspecified atom stereocenters. The molecular formula is C25H36N2O4. The summed E-state index contributed by atoms with van der Waals surface area (Å²) in [6, 6.07) is 5.99. The number of amides is 2. The van der Waals surface area contributed by atoms with E-state index in [0.29, 0.717) is 25.6 Å². The molecule has 31 heavy (non-hydrogen) atoms. The third-order valence-electron chi connectivity index (χ3n) is 6.19. The molecule has 1 aromatic carbocycles. The number of likely N-dealkylation sites (tertiary alicyclic amines) is 1. The first-order valence-electron chi connectivity index (χ1n) is 11.5. The normalized spacial score (nSPS) is 16.7. The maximum atomic E-state index is 12.6. The number of nitrogens with zero attached hydrogens (tertiary/aromatic N) is 2. The Hall–Kier alpha value is -2.37. The topological polar surface area (TPSA) is 66.9 Å². The summed E-state index contributed by atoms with van der Waals surface area (Å²) in [5, 5.41) is 0. The Morgan fingerprint density at radius 1 is 1.06 bits per heavy atom. The van der Waals surface area contributed by atoms with Crippen LogP contribution in [0.5, 0.6) is 0 Å². The molecule has 3 rings (SSSR count). The van der Waals surface area contributed by atoms with Crippen molar-refractivity contribution in [3.05, 3.63) is 34.9 Å². The maximum Gasteiger partial charge on any atom is 0.410 e. The summed E-state index contributed by atoms with van der Waals surface area (Å²) in [6.07, 6.45) is 5.25. The molecule has 0 aromatic heterocycles. The third-order valence-corrected chi connectivity index (χ3v) is 6.19. The Morgan fingerprint density at radius 2 is 1.74 bits per heavy atom. The molecule has 6 heteroatoms. The second kappa shape index (κ2) is 9.84. The molecule has 1 saturated heterocycles. The molecule has 1 fully saturated rings. The molecule has 0 saturated carbocycles. The number of ketones is 1. The Kier molecular flexibility index (Phi) is 7.39. The highest BCUT2D eigenvalue weighted by Gasteiger charge is 2.27. The highest BCUT2D eigenvalue weighted by Crippen LogP contribution is 2.24. The lowest BCUT2D eigenvalue weighted by Gasteiger charge is -2.34. The Balaban J connectivity index is 1.40. The molecule has 1 aliphatic carbocycles. The van der Waals surface area contributed by atoms with Crippen LogP contribution in [0.4, 0.5) is 4.79 Å². The van der Waals surface area contributed by atoms with E-state index in [2.05, 4.69) is 6.07 Å². The highest BCUT2D eigenvalue weighted by molar-refractivity contribution is 5.98. The van der Waals surface area contributed by atoms with Gasteiger partial charge in [0, 0.05) is 45.1 Å². The van der Waals surface area contributed by atoms with E-state index >= 15 is 0 Å². The fourth-order valence-electron chi connectivity index (χ4n) is 4.43. The fraction of sp³-hybridized carbons (Fsp3) is 0.640. The number of hydrogen-bond donors (Lipinski definition) is 0. The molecule has 2 amide bonds. The number of aryl methyl sites for hydroxylation is 2. The van der Waals surface area contributed by atoms with Crippen molar-refractivity contribution in [2.24, 2.45) is 5.92 Å². The quantitative estimate of drug-likeness (QED) is 0.636. The van der Waals surface area contributed by atoms with Gasteiger partial charge in [0.05, 0.1) is 0 Å². The van der Waals surface area contributed by atoms with Crippen LogP contribution in [0.1, 0.15) is 74.4 Å². The molecule has 170 valence electrons. The van der Waals surface area contributed by atoms with Crippen molar-refractivity contribution >= 4 is 17.8 Å². The summed E-state index contributed by atoms with van der Waals surface area (Å²) in [4.78, 5) is 40.8. The molecule has 6 nitrogen and oxygen atoms in total. The van der Waals surface area contributed by atoms with Crippen molar-refractivity contribution in [1.29, 1.82) is 0 Å². The van der Waals surface area contributed by atoms with Crippen LogP contribution in [-0.2, 0) is 22.4 Å². The van der Waals surface area contributed by atoms with Crippen LogP contribution in [-0.4, -0.2) is 59.9 Å². The molecule has 0 N–H and O–H groups in total. The predicted octanol–water partition coefficient (Wildman–Crippen LogP) is 4.24. The van der Waals surface area contributed by atoms with Crippen LogP contribution in [0, 0.1) is 5.92 Å². The minimum Gasteiger partial charge on any atom is -0.444 e. The summed E-state index contributed by atoms with van der Waals surface area (Å²) in [6.45, 7) is 7.57. The van der Waals surface area contributed by atoms with Crippen molar-refractivity contribution < 1.29 is 19.1 Å². The Labute approximate surface area is 185 Å². The molecular weight excluding hydrogens is 392 g/mol. The van der Waals surface area contributed by atoms with Crippen molar-refractivity contribution in [1.82, 2.24) is 9.80 Å². The van der Waals surface area contributed by atoms with Crippen LogP contribution in [0.25, 0.3) is 0 Å². The van der Waals surface area contributed by atoms with E-state index in [1.54, 1.807) is 11.9 Å².